The molecule has 0 saturated heterocycles. The molecule has 1 aromatic heterocycles. The van der Waals surface area contributed by atoms with Crippen molar-refractivity contribution >= 4 is 22.9 Å². The van der Waals surface area contributed by atoms with Gasteiger partial charge in [-0.25, -0.2) is 9.37 Å². The number of rotatable bonds is 3. The van der Waals surface area contributed by atoms with Crippen molar-refractivity contribution < 1.29 is 4.39 Å². The largest absolute Gasteiger partial charge is 0.271 e. The van der Waals surface area contributed by atoms with Gasteiger partial charge in [0, 0.05) is 10.9 Å². The van der Waals surface area contributed by atoms with Crippen LogP contribution in [0, 0.1) is 5.82 Å². The first-order valence-electron chi connectivity index (χ1n) is 4.54. The summed E-state index contributed by atoms with van der Waals surface area (Å²) >= 11 is 7.19. The minimum Gasteiger partial charge on any atom is -0.271 e. The van der Waals surface area contributed by atoms with E-state index >= 15 is 0 Å². The van der Waals surface area contributed by atoms with Gasteiger partial charge in [0.1, 0.15) is 10.8 Å². The lowest BCUT2D eigenvalue weighted by Gasteiger charge is -1.98. The van der Waals surface area contributed by atoms with Crippen molar-refractivity contribution in [2.45, 2.75) is 6.54 Å². The summed E-state index contributed by atoms with van der Waals surface area (Å²) in [5.74, 6) is 4.77. The van der Waals surface area contributed by atoms with Crippen LogP contribution >= 0.6 is 22.9 Å². The van der Waals surface area contributed by atoms with Gasteiger partial charge in [0.05, 0.1) is 17.3 Å². The molecule has 2 aromatic rings. The normalized spacial score (nSPS) is 10.7. The number of hydrogen-bond donors (Lipinski definition) is 2. The van der Waals surface area contributed by atoms with Crippen molar-refractivity contribution in [1.82, 2.24) is 10.4 Å². The van der Waals surface area contributed by atoms with Crippen molar-refractivity contribution in [3.63, 3.8) is 0 Å². The molecule has 0 aliphatic rings. The Kier molecular flexibility index (Phi) is 3.50. The molecule has 0 fully saturated rings. The van der Waals surface area contributed by atoms with Crippen LogP contribution in [0.15, 0.2) is 23.6 Å². The van der Waals surface area contributed by atoms with Crippen LogP contribution in [-0.2, 0) is 6.54 Å². The third-order valence-corrected chi connectivity index (χ3v) is 3.16. The minimum absolute atomic E-state index is 0.101. The summed E-state index contributed by atoms with van der Waals surface area (Å²) < 4.78 is 13.0. The Labute approximate surface area is 101 Å². The Morgan fingerprint density at radius 1 is 1.50 bits per heavy atom. The number of aromatic nitrogens is 1. The molecule has 1 heterocycles. The average molecular weight is 258 g/mol. The molecule has 0 spiro atoms. The van der Waals surface area contributed by atoms with Crippen molar-refractivity contribution in [3.05, 3.63) is 39.4 Å². The molecule has 6 heteroatoms. The lowest BCUT2D eigenvalue weighted by Crippen LogP contribution is -2.20. The van der Waals surface area contributed by atoms with E-state index in [0.29, 0.717) is 6.54 Å². The second-order valence-corrected chi connectivity index (χ2v) is 4.49. The first-order chi connectivity index (χ1) is 7.70. The standard InChI is InChI=1S/C10H9ClFN3S/c11-7-3-6(1-2-8(7)12)9-5-16-10(15-9)4-14-13/h1-3,5,14H,4,13H2. The van der Waals surface area contributed by atoms with Crippen molar-refractivity contribution in [3.8, 4) is 11.3 Å². The molecule has 0 radical (unpaired) electrons. The zero-order valence-corrected chi connectivity index (χ0v) is 9.78. The lowest BCUT2D eigenvalue weighted by atomic mass is 10.2. The topological polar surface area (TPSA) is 50.9 Å². The molecule has 2 rings (SSSR count). The van der Waals surface area contributed by atoms with Gasteiger partial charge in [-0.05, 0) is 18.2 Å². The Morgan fingerprint density at radius 3 is 3.00 bits per heavy atom. The Bertz CT molecular complexity index is 501. The van der Waals surface area contributed by atoms with E-state index in [1.807, 2.05) is 5.38 Å². The molecule has 0 aliphatic carbocycles. The maximum atomic E-state index is 13.0. The molecule has 0 aliphatic heterocycles. The molecule has 1 aromatic carbocycles. The van der Waals surface area contributed by atoms with Gasteiger partial charge in [-0.15, -0.1) is 11.3 Å². The van der Waals surface area contributed by atoms with Crippen LogP contribution in [0.3, 0.4) is 0 Å². The average Bonchev–Trinajstić information content (AvgIpc) is 2.71. The van der Waals surface area contributed by atoms with Crippen molar-refractivity contribution in [2.24, 2.45) is 5.84 Å². The number of nitrogens with two attached hydrogens (primary N) is 1. The maximum Gasteiger partial charge on any atom is 0.141 e. The highest BCUT2D eigenvalue weighted by atomic mass is 35.5. The Balaban J connectivity index is 2.31. The van der Waals surface area contributed by atoms with Crippen LogP contribution in [0.2, 0.25) is 5.02 Å². The zero-order valence-electron chi connectivity index (χ0n) is 8.21. The molecule has 0 bridgehead atoms. The molecular formula is C10H9ClFN3S. The third kappa shape index (κ3) is 2.38. The van der Waals surface area contributed by atoms with E-state index in [4.69, 9.17) is 17.4 Å². The van der Waals surface area contributed by atoms with E-state index in [2.05, 4.69) is 10.4 Å². The molecule has 3 nitrogen and oxygen atoms in total. The number of thiazole rings is 1. The lowest BCUT2D eigenvalue weighted by molar-refractivity contribution is 0.628. The zero-order chi connectivity index (χ0) is 11.5. The fourth-order valence-corrected chi connectivity index (χ4v) is 2.20. The number of nitrogens with one attached hydrogen (secondary N) is 1. The van der Waals surface area contributed by atoms with Crippen LogP contribution in [0.5, 0.6) is 0 Å². The predicted octanol–water partition coefficient (Wildman–Crippen LogP) is 2.57. The number of nitrogens with zero attached hydrogens (tertiary/aromatic N) is 1. The van der Waals surface area contributed by atoms with E-state index < -0.39 is 5.82 Å². The summed E-state index contributed by atoms with van der Waals surface area (Å²) in [4.78, 5) is 4.34. The van der Waals surface area contributed by atoms with E-state index in [1.165, 1.54) is 17.4 Å². The first-order valence-corrected chi connectivity index (χ1v) is 5.80. The number of benzene rings is 1. The van der Waals surface area contributed by atoms with Gasteiger partial charge in [0.15, 0.2) is 0 Å². The first kappa shape index (κ1) is 11.5. The second-order valence-electron chi connectivity index (χ2n) is 3.14. The monoisotopic (exact) mass is 257 g/mol. The summed E-state index contributed by atoms with van der Waals surface area (Å²) in [6, 6.07) is 4.54. The molecule has 0 amide bonds. The third-order valence-electron chi connectivity index (χ3n) is 2.02. The van der Waals surface area contributed by atoms with Crippen LogP contribution < -0.4 is 11.3 Å². The molecule has 0 atom stereocenters. The van der Waals surface area contributed by atoms with Gasteiger partial charge in [-0.1, -0.05) is 11.6 Å². The Hall–Kier alpha value is -1.01. The van der Waals surface area contributed by atoms with E-state index in [9.17, 15) is 4.39 Å². The van der Waals surface area contributed by atoms with Gasteiger partial charge in [-0.2, -0.15) is 0 Å². The molecule has 3 N–H and O–H groups in total. The molecule has 84 valence electrons. The second kappa shape index (κ2) is 4.88. The number of hydrogen-bond acceptors (Lipinski definition) is 4. The fourth-order valence-electron chi connectivity index (χ4n) is 1.27. The fraction of sp³-hybridized carbons (Fsp3) is 0.100. The van der Waals surface area contributed by atoms with Gasteiger partial charge >= 0.3 is 0 Å². The summed E-state index contributed by atoms with van der Waals surface area (Å²) in [6.45, 7) is 0.513. The van der Waals surface area contributed by atoms with Crippen LogP contribution in [0.4, 0.5) is 4.39 Å². The van der Waals surface area contributed by atoms with Crippen molar-refractivity contribution in [2.75, 3.05) is 0 Å². The van der Waals surface area contributed by atoms with E-state index in [0.717, 1.165) is 16.3 Å². The summed E-state index contributed by atoms with van der Waals surface area (Å²) in [7, 11) is 0. The molecular weight excluding hydrogens is 249 g/mol. The highest BCUT2D eigenvalue weighted by Crippen LogP contribution is 2.26. The molecule has 0 saturated carbocycles. The predicted molar refractivity (Wildman–Crippen MR) is 63.5 cm³/mol. The maximum absolute atomic E-state index is 13.0. The number of hydrazine groups is 1. The summed E-state index contributed by atoms with van der Waals surface area (Å²) in [5, 5.41) is 2.86. The van der Waals surface area contributed by atoms with Gasteiger partial charge in [0.2, 0.25) is 0 Å². The van der Waals surface area contributed by atoms with E-state index in [-0.39, 0.29) is 5.02 Å². The smallest absolute Gasteiger partial charge is 0.141 e. The van der Waals surface area contributed by atoms with Crippen molar-refractivity contribution in [1.29, 1.82) is 0 Å². The van der Waals surface area contributed by atoms with E-state index in [1.54, 1.807) is 12.1 Å². The van der Waals surface area contributed by atoms with Crippen LogP contribution in [0.1, 0.15) is 5.01 Å². The summed E-state index contributed by atoms with van der Waals surface area (Å²) in [5.41, 5.74) is 4.10. The number of halogens is 2. The SMILES string of the molecule is NNCc1nc(-c2ccc(F)c(Cl)c2)cs1. The van der Waals surface area contributed by atoms with Crippen LogP contribution in [-0.4, -0.2) is 4.98 Å². The highest BCUT2D eigenvalue weighted by molar-refractivity contribution is 7.09. The highest BCUT2D eigenvalue weighted by Gasteiger charge is 2.06. The van der Waals surface area contributed by atoms with Gasteiger partial charge in [0.25, 0.3) is 0 Å². The quantitative estimate of drug-likeness (QED) is 0.656. The minimum atomic E-state index is -0.426. The molecule has 16 heavy (non-hydrogen) atoms. The van der Waals surface area contributed by atoms with Gasteiger partial charge < -0.3 is 0 Å². The van der Waals surface area contributed by atoms with Crippen LogP contribution in [0.25, 0.3) is 11.3 Å². The Morgan fingerprint density at radius 2 is 2.31 bits per heavy atom. The molecule has 0 unspecified atom stereocenters. The van der Waals surface area contributed by atoms with Gasteiger partial charge in [-0.3, -0.25) is 11.3 Å². The summed E-state index contributed by atoms with van der Waals surface area (Å²) in [6.07, 6.45) is 0.